The molecule has 1 fully saturated rings. The predicted molar refractivity (Wildman–Crippen MR) is 75.3 cm³/mol. The molecule has 0 radical (unpaired) electrons. The fourth-order valence-electron chi connectivity index (χ4n) is 2.23. The van der Waals surface area contributed by atoms with Gasteiger partial charge >= 0.3 is 0 Å². The lowest BCUT2D eigenvalue weighted by Crippen LogP contribution is -2.30. The van der Waals surface area contributed by atoms with Gasteiger partial charge in [-0.25, -0.2) is 4.98 Å². The van der Waals surface area contributed by atoms with Crippen LogP contribution in [0.1, 0.15) is 32.1 Å². The Morgan fingerprint density at radius 2 is 2.11 bits per heavy atom. The number of nitrogens with one attached hydrogen (secondary N) is 1. The monoisotopic (exact) mass is 263 g/mol. The first-order chi connectivity index (χ1) is 9.29. The van der Waals surface area contributed by atoms with Gasteiger partial charge in [-0.3, -0.25) is 4.79 Å². The maximum absolute atomic E-state index is 11.5. The van der Waals surface area contributed by atoms with Crippen molar-refractivity contribution in [3.05, 3.63) is 18.3 Å². The van der Waals surface area contributed by atoms with Crippen LogP contribution in [0.5, 0.6) is 0 Å². The van der Waals surface area contributed by atoms with Gasteiger partial charge in [0, 0.05) is 26.1 Å². The van der Waals surface area contributed by atoms with E-state index in [2.05, 4.69) is 15.2 Å². The summed E-state index contributed by atoms with van der Waals surface area (Å²) in [4.78, 5) is 18.2. The minimum absolute atomic E-state index is 0.0412. The zero-order chi connectivity index (χ0) is 13.5. The van der Waals surface area contributed by atoms with Gasteiger partial charge in [-0.05, 0) is 37.8 Å². The first-order valence-electron chi connectivity index (χ1n) is 6.91. The van der Waals surface area contributed by atoms with Crippen molar-refractivity contribution in [1.29, 1.82) is 0 Å². The van der Waals surface area contributed by atoms with Gasteiger partial charge in [-0.2, -0.15) is 0 Å². The number of rotatable bonds is 5. The molecule has 1 aliphatic rings. The molecule has 2 N–H and O–H groups in total. The highest BCUT2D eigenvalue weighted by atomic mass is 16.3. The summed E-state index contributed by atoms with van der Waals surface area (Å²) >= 11 is 0. The second-order valence-corrected chi connectivity index (χ2v) is 4.83. The van der Waals surface area contributed by atoms with Crippen LogP contribution in [0.2, 0.25) is 0 Å². The Morgan fingerprint density at radius 3 is 2.74 bits per heavy atom. The maximum Gasteiger partial charge on any atom is 0.224 e. The molecule has 0 spiro atoms. The number of hydrogen-bond donors (Lipinski definition) is 2. The second-order valence-electron chi connectivity index (χ2n) is 4.83. The highest BCUT2D eigenvalue weighted by molar-refractivity contribution is 5.90. The van der Waals surface area contributed by atoms with Gasteiger partial charge in [0.2, 0.25) is 5.91 Å². The van der Waals surface area contributed by atoms with E-state index in [9.17, 15) is 4.79 Å². The topological polar surface area (TPSA) is 65.5 Å². The fourth-order valence-corrected chi connectivity index (χ4v) is 2.23. The number of piperidine rings is 1. The number of amides is 1. The van der Waals surface area contributed by atoms with Crippen molar-refractivity contribution in [3.8, 4) is 0 Å². The van der Waals surface area contributed by atoms with Crippen LogP contribution in [0.4, 0.5) is 11.5 Å². The van der Waals surface area contributed by atoms with Crippen LogP contribution in [-0.4, -0.2) is 35.7 Å². The van der Waals surface area contributed by atoms with Crippen molar-refractivity contribution in [2.45, 2.75) is 32.1 Å². The summed E-state index contributed by atoms with van der Waals surface area (Å²) in [5.41, 5.74) is 0.712. The van der Waals surface area contributed by atoms with Gasteiger partial charge in [0.1, 0.15) is 5.82 Å². The van der Waals surface area contributed by atoms with Crippen LogP contribution >= 0.6 is 0 Å². The van der Waals surface area contributed by atoms with E-state index in [1.807, 2.05) is 12.1 Å². The van der Waals surface area contributed by atoms with Gasteiger partial charge in [0.25, 0.3) is 0 Å². The molecule has 1 saturated heterocycles. The van der Waals surface area contributed by atoms with Crippen molar-refractivity contribution in [2.75, 3.05) is 29.9 Å². The van der Waals surface area contributed by atoms with E-state index in [4.69, 9.17) is 5.11 Å². The highest BCUT2D eigenvalue weighted by Crippen LogP contribution is 2.18. The molecule has 0 aliphatic carbocycles. The molecule has 5 heteroatoms. The molecular formula is C14H21N3O2. The molecule has 1 aromatic heterocycles. The second kappa shape index (κ2) is 7.09. The molecule has 0 saturated carbocycles. The van der Waals surface area contributed by atoms with E-state index in [1.165, 1.54) is 19.3 Å². The van der Waals surface area contributed by atoms with Crippen LogP contribution in [0.15, 0.2) is 18.3 Å². The Hall–Kier alpha value is -1.62. The zero-order valence-corrected chi connectivity index (χ0v) is 11.1. The predicted octanol–water partition coefficient (Wildman–Crippen LogP) is 1.78. The van der Waals surface area contributed by atoms with Gasteiger partial charge in [0.15, 0.2) is 0 Å². The number of carbonyl (C=O) groups is 1. The molecule has 0 aromatic carbocycles. The lowest BCUT2D eigenvalue weighted by Gasteiger charge is -2.27. The zero-order valence-electron chi connectivity index (χ0n) is 11.1. The van der Waals surface area contributed by atoms with Crippen molar-refractivity contribution in [3.63, 3.8) is 0 Å². The van der Waals surface area contributed by atoms with Crippen molar-refractivity contribution in [1.82, 2.24) is 4.98 Å². The third-order valence-corrected chi connectivity index (χ3v) is 3.27. The van der Waals surface area contributed by atoms with E-state index in [-0.39, 0.29) is 12.5 Å². The summed E-state index contributed by atoms with van der Waals surface area (Å²) in [6, 6.07) is 3.83. The Labute approximate surface area is 113 Å². The molecule has 1 amide bonds. The highest BCUT2D eigenvalue weighted by Gasteiger charge is 2.11. The number of hydrogen-bond acceptors (Lipinski definition) is 4. The minimum Gasteiger partial charge on any atom is -0.396 e. The number of pyridine rings is 1. The quantitative estimate of drug-likeness (QED) is 0.850. The van der Waals surface area contributed by atoms with Gasteiger partial charge in [-0.15, -0.1) is 0 Å². The molecule has 1 aliphatic heterocycles. The summed E-state index contributed by atoms with van der Waals surface area (Å²) in [7, 11) is 0. The van der Waals surface area contributed by atoms with E-state index in [0.717, 1.165) is 18.9 Å². The molecular weight excluding hydrogens is 242 g/mol. The number of aromatic nitrogens is 1. The van der Waals surface area contributed by atoms with Gasteiger partial charge in [0.05, 0.1) is 11.9 Å². The average Bonchev–Trinajstić information content (AvgIpc) is 2.47. The molecule has 2 heterocycles. The number of carbonyl (C=O) groups excluding carboxylic acids is 1. The van der Waals surface area contributed by atoms with E-state index in [1.54, 1.807) is 6.20 Å². The van der Waals surface area contributed by atoms with Crippen LogP contribution in [-0.2, 0) is 4.79 Å². The number of nitrogens with zero attached hydrogens (tertiary/aromatic N) is 2. The molecule has 19 heavy (non-hydrogen) atoms. The summed E-state index contributed by atoms with van der Waals surface area (Å²) in [5.74, 6) is 0.898. The van der Waals surface area contributed by atoms with E-state index < -0.39 is 0 Å². The Balaban J connectivity index is 1.88. The SMILES string of the molecule is O=C(CCCO)Nc1ccc(N2CCCCC2)nc1. The normalized spacial score (nSPS) is 15.3. The molecule has 0 atom stereocenters. The smallest absolute Gasteiger partial charge is 0.224 e. The largest absolute Gasteiger partial charge is 0.396 e. The van der Waals surface area contributed by atoms with Crippen molar-refractivity contribution in [2.24, 2.45) is 0 Å². The average molecular weight is 263 g/mol. The standard InChI is InChI=1S/C14H21N3O2/c18-10-4-5-14(19)16-12-6-7-13(15-11-12)17-8-2-1-3-9-17/h6-7,11,18H,1-5,8-10H2,(H,16,19). The number of aliphatic hydroxyl groups is 1. The van der Waals surface area contributed by atoms with Crippen molar-refractivity contribution >= 4 is 17.4 Å². The maximum atomic E-state index is 11.5. The van der Waals surface area contributed by atoms with Crippen molar-refractivity contribution < 1.29 is 9.90 Å². The van der Waals surface area contributed by atoms with Gasteiger partial charge < -0.3 is 15.3 Å². The lowest BCUT2D eigenvalue weighted by molar-refractivity contribution is -0.116. The number of aliphatic hydroxyl groups excluding tert-OH is 1. The van der Waals surface area contributed by atoms with E-state index in [0.29, 0.717) is 18.5 Å². The molecule has 0 unspecified atom stereocenters. The Bertz CT molecular complexity index is 400. The summed E-state index contributed by atoms with van der Waals surface area (Å²) in [5, 5.41) is 11.4. The number of anilines is 2. The summed E-state index contributed by atoms with van der Waals surface area (Å²) in [6.07, 6.45) is 6.27. The first kappa shape index (κ1) is 13.8. The Kier molecular flexibility index (Phi) is 5.15. The summed E-state index contributed by atoms with van der Waals surface area (Å²) in [6.45, 7) is 2.17. The third kappa shape index (κ3) is 4.21. The minimum atomic E-state index is -0.0819. The van der Waals surface area contributed by atoms with Crippen LogP contribution < -0.4 is 10.2 Å². The molecule has 0 bridgehead atoms. The third-order valence-electron chi connectivity index (χ3n) is 3.27. The van der Waals surface area contributed by atoms with E-state index >= 15 is 0 Å². The Morgan fingerprint density at radius 1 is 1.32 bits per heavy atom. The van der Waals surface area contributed by atoms with Crippen LogP contribution in [0.25, 0.3) is 0 Å². The lowest BCUT2D eigenvalue weighted by atomic mass is 10.1. The molecule has 104 valence electrons. The van der Waals surface area contributed by atoms with Crippen LogP contribution in [0.3, 0.4) is 0 Å². The molecule has 5 nitrogen and oxygen atoms in total. The molecule has 1 aromatic rings. The van der Waals surface area contributed by atoms with Crippen LogP contribution in [0, 0.1) is 0 Å². The first-order valence-corrected chi connectivity index (χ1v) is 6.91. The fraction of sp³-hybridized carbons (Fsp3) is 0.571. The van der Waals surface area contributed by atoms with Gasteiger partial charge in [-0.1, -0.05) is 0 Å². The molecule has 2 rings (SSSR count). The summed E-state index contributed by atoms with van der Waals surface area (Å²) < 4.78 is 0.